The fourth-order valence-corrected chi connectivity index (χ4v) is 1.89. The van der Waals surface area contributed by atoms with Crippen LogP contribution >= 0.6 is 11.6 Å². The first-order chi connectivity index (χ1) is 7.58. The van der Waals surface area contributed by atoms with Crippen LogP contribution in [0.2, 0.25) is 5.02 Å². The Morgan fingerprint density at radius 2 is 2.12 bits per heavy atom. The number of rotatable bonds is 3. The number of carbonyl (C=O) groups excluding carboxylic acids is 1. The molecule has 0 unspecified atom stereocenters. The lowest BCUT2D eigenvalue weighted by Gasteiger charge is -2.14. The highest BCUT2D eigenvalue weighted by molar-refractivity contribution is 6.30. The third kappa shape index (κ3) is 2.56. The summed E-state index contributed by atoms with van der Waals surface area (Å²) in [6.07, 6.45) is 2.05. The Labute approximate surface area is 101 Å². The zero-order valence-corrected chi connectivity index (χ0v) is 10.3. The molecule has 16 heavy (non-hydrogen) atoms. The Balaban J connectivity index is 2.21. The summed E-state index contributed by atoms with van der Waals surface area (Å²) in [4.78, 5) is 11.7. The minimum Gasteiger partial charge on any atom is -0.326 e. The predicted molar refractivity (Wildman–Crippen MR) is 66.9 cm³/mol. The molecule has 1 aliphatic rings. The maximum atomic E-state index is 11.7. The standard InChI is InChI=1S/C13H16ClNO/c1-8(2)11-7-10(14)5-6-12(11)15-13(16)9-3-4-9/h5-9H,3-4H2,1-2H3,(H,15,16). The first-order valence-corrected chi connectivity index (χ1v) is 6.06. The normalized spacial score (nSPS) is 15.2. The zero-order chi connectivity index (χ0) is 11.7. The molecule has 1 amide bonds. The fraction of sp³-hybridized carbons (Fsp3) is 0.462. The van der Waals surface area contributed by atoms with Crippen molar-refractivity contribution in [3.63, 3.8) is 0 Å². The number of halogens is 1. The molecule has 0 aromatic heterocycles. The van der Waals surface area contributed by atoms with E-state index in [-0.39, 0.29) is 11.8 Å². The van der Waals surface area contributed by atoms with Gasteiger partial charge in [0, 0.05) is 16.6 Å². The zero-order valence-electron chi connectivity index (χ0n) is 9.59. The van der Waals surface area contributed by atoms with Crippen molar-refractivity contribution in [1.29, 1.82) is 0 Å². The van der Waals surface area contributed by atoms with Crippen LogP contribution in [0, 0.1) is 5.92 Å². The molecule has 1 N–H and O–H groups in total. The quantitative estimate of drug-likeness (QED) is 0.851. The van der Waals surface area contributed by atoms with Gasteiger partial charge in [0.1, 0.15) is 0 Å². The summed E-state index contributed by atoms with van der Waals surface area (Å²) in [5.41, 5.74) is 2.00. The molecule has 0 spiro atoms. The summed E-state index contributed by atoms with van der Waals surface area (Å²) >= 11 is 5.96. The van der Waals surface area contributed by atoms with Crippen LogP contribution in [0.25, 0.3) is 0 Å². The van der Waals surface area contributed by atoms with Crippen LogP contribution in [0.3, 0.4) is 0 Å². The molecule has 1 aromatic rings. The van der Waals surface area contributed by atoms with Gasteiger partial charge in [0.25, 0.3) is 0 Å². The maximum Gasteiger partial charge on any atom is 0.227 e. The molecule has 1 aromatic carbocycles. The van der Waals surface area contributed by atoms with Crippen molar-refractivity contribution in [2.24, 2.45) is 5.92 Å². The van der Waals surface area contributed by atoms with Crippen molar-refractivity contribution < 1.29 is 4.79 Å². The first-order valence-electron chi connectivity index (χ1n) is 5.68. The Bertz CT molecular complexity index is 410. The summed E-state index contributed by atoms with van der Waals surface area (Å²) in [7, 11) is 0. The van der Waals surface area contributed by atoms with Crippen LogP contribution in [-0.4, -0.2) is 5.91 Å². The summed E-state index contributed by atoms with van der Waals surface area (Å²) in [5, 5.41) is 3.70. The van der Waals surface area contributed by atoms with Crippen LogP contribution in [0.4, 0.5) is 5.69 Å². The van der Waals surface area contributed by atoms with Crippen molar-refractivity contribution in [3.05, 3.63) is 28.8 Å². The van der Waals surface area contributed by atoms with Crippen molar-refractivity contribution in [3.8, 4) is 0 Å². The predicted octanol–water partition coefficient (Wildman–Crippen LogP) is 3.81. The van der Waals surface area contributed by atoms with Gasteiger partial charge in [-0.3, -0.25) is 4.79 Å². The van der Waals surface area contributed by atoms with Crippen molar-refractivity contribution >= 4 is 23.2 Å². The minimum absolute atomic E-state index is 0.143. The molecular weight excluding hydrogens is 222 g/mol. The number of carbonyl (C=O) groups is 1. The second-order valence-corrected chi connectivity index (χ2v) is 5.09. The molecular formula is C13H16ClNO. The van der Waals surface area contributed by atoms with Crippen LogP contribution in [0.1, 0.15) is 38.2 Å². The Morgan fingerprint density at radius 1 is 1.44 bits per heavy atom. The van der Waals surface area contributed by atoms with E-state index in [2.05, 4.69) is 19.2 Å². The molecule has 3 heteroatoms. The molecule has 0 bridgehead atoms. The van der Waals surface area contributed by atoms with Crippen LogP contribution in [0.15, 0.2) is 18.2 Å². The summed E-state index contributed by atoms with van der Waals surface area (Å²) in [6.45, 7) is 4.19. The van der Waals surface area contributed by atoms with E-state index < -0.39 is 0 Å². The maximum absolute atomic E-state index is 11.7. The molecule has 1 aliphatic carbocycles. The van der Waals surface area contributed by atoms with Gasteiger partial charge in [-0.05, 0) is 42.5 Å². The minimum atomic E-state index is 0.143. The van der Waals surface area contributed by atoms with E-state index in [0.29, 0.717) is 10.9 Å². The van der Waals surface area contributed by atoms with Gasteiger partial charge in [0.15, 0.2) is 0 Å². The van der Waals surface area contributed by atoms with Gasteiger partial charge in [0.2, 0.25) is 5.91 Å². The molecule has 2 nitrogen and oxygen atoms in total. The Hall–Kier alpha value is -1.02. The van der Waals surface area contributed by atoms with Crippen molar-refractivity contribution in [2.75, 3.05) is 5.32 Å². The third-order valence-electron chi connectivity index (χ3n) is 2.84. The third-order valence-corrected chi connectivity index (χ3v) is 3.08. The number of amides is 1. The SMILES string of the molecule is CC(C)c1cc(Cl)ccc1NC(=O)C1CC1. The molecule has 0 radical (unpaired) electrons. The topological polar surface area (TPSA) is 29.1 Å². The second-order valence-electron chi connectivity index (χ2n) is 4.65. The smallest absolute Gasteiger partial charge is 0.227 e. The van der Waals surface area contributed by atoms with E-state index in [1.165, 1.54) is 0 Å². The van der Waals surface area contributed by atoms with Crippen LogP contribution in [-0.2, 0) is 4.79 Å². The number of hydrogen-bond donors (Lipinski definition) is 1. The molecule has 2 rings (SSSR count). The van der Waals surface area contributed by atoms with Gasteiger partial charge in [-0.1, -0.05) is 25.4 Å². The molecule has 86 valence electrons. The lowest BCUT2D eigenvalue weighted by Crippen LogP contribution is -2.14. The first kappa shape index (κ1) is 11.5. The highest BCUT2D eigenvalue weighted by atomic mass is 35.5. The van der Waals surface area contributed by atoms with E-state index in [1.807, 2.05) is 18.2 Å². The van der Waals surface area contributed by atoms with Crippen molar-refractivity contribution in [1.82, 2.24) is 0 Å². The van der Waals surface area contributed by atoms with Gasteiger partial charge in [-0.2, -0.15) is 0 Å². The van der Waals surface area contributed by atoms with E-state index >= 15 is 0 Å². The molecule has 1 saturated carbocycles. The summed E-state index contributed by atoms with van der Waals surface area (Å²) in [5.74, 6) is 0.730. The van der Waals surface area contributed by atoms with Gasteiger partial charge in [-0.15, -0.1) is 0 Å². The average molecular weight is 238 g/mol. The Kier molecular flexibility index (Phi) is 3.20. The number of anilines is 1. The lowest BCUT2D eigenvalue weighted by atomic mass is 10.0. The van der Waals surface area contributed by atoms with Gasteiger partial charge >= 0.3 is 0 Å². The lowest BCUT2D eigenvalue weighted by molar-refractivity contribution is -0.117. The Morgan fingerprint density at radius 3 is 2.69 bits per heavy atom. The second kappa shape index (κ2) is 4.46. The number of hydrogen-bond acceptors (Lipinski definition) is 1. The van der Waals surface area contributed by atoms with Crippen LogP contribution in [0.5, 0.6) is 0 Å². The molecule has 0 saturated heterocycles. The van der Waals surface area contributed by atoms with Gasteiger partial charge in [-0.25, -0.2) is 0 Å². The molecule has 0 atom stereocenters. The van der Waals surface area contributed by atoms with E-state index in [4.69, 9.17) is 11.6 Å². The van der Waals surface area contributed by atoms with Crippen LogP contribution < -0.4 is 5.32 Å². The van der Waals surface area contributed by atoms with E-state index in [9.17, 15) is 4.79 Å². The average Bonchev–Trinajstić information content (AvgIpc) is 3.03. The fourth-order valence-electron chi connectivity index (χ4n) is 1.71. The monoisotopic (exact) mass is 237 g/mol. The van der Waals surface area contributed by atoms with E-state index in [0.717, 1.165) is 24.1 Å². The molecule has 1 fully saturated rings. The number of benzene rings is 1. The molecule has 0 heterocycles. The summed E-state index contributed by atoms with van der Waals surface area (Å²) in [6, 6.07) is 5.63. The highest BCUT2D eigenvalue weighted by Gasteiger charge is 2.30. The van der Waals surface area contributed by atoms with Gasteiger partial charge in [0.05, 0.1) is 0 Å². The molecule has 0 aliphatic heterocycles. The summed E-state index contributed by atoms with van der Waals surface area (Å²) < 4.78 is 0. The van der Waals surface area contributed by atoms with E-state index in [1.54, 1.807) is 0 Å². The highest BCUT2D eigenvalue weighted by Crippen LogP contribution is 2.32. The van der Waals surface area contributed by atoms with Gasteiger partial charge < -0.3 is 5.32 Å². The number of nitrogens with one attached hydrogen (secondary N) is 1. The largest absolute Gasteiger partial charge is 0.326 e. The van der Waals surface area contributed by atoms with Crippen molar-refractivity contribution in [2.45, 2.75) is 32.6 Å².